The largest absolute Gasteiger partial charge is 0.474 e. The second-order valence-corrected chi connectivity index (χ2v) is 6.54. The van der Waals surface area contributed by atoms with Crippen molar-refractivity contribution in [3.63, 3.8) is 0 Å². The number of hydrogen-bond donors (Lipinski definition) is 1. The lowest BCUT2D eigenvalue weighted by molar-refractivity contribution is 0.235. The average Bonchev–Trinajstić information content (AvgIpc) is 3.27. The number of halogens is 1. The summed E-state index contributed by atoms with van der Waals surface area (Å²) < 4.78 is 41.6. The highest BCUT2D eigenvalue weighted by molar-refractivity contribution is 5.94. The molecule has 4 rings (SSSR count). The van der Waals surface area contributed by atoms with Gasteiger partial charge in [0.25, 0.3) is 0 Å². The summed E-state index contributed by atoms with van der Waals surface area (Å²) in [5.41, 5.74) is 1.90. The van der Waals surface area contributed by atoms with Gasteiger partial charge in [0.05, 0.1) is 36.2 Å². The monoisotopic (exact) mass is 409 g/mol. The number of rotatable bonds is 2. The van der Waals surface area contributed by atoms with Crippen LogP contribution in [0, 0.1) is 17.7 Å². The number of nitrogens with zero attached hydrogens (tertiary/aromatic N) is 5. The van der Waals surface area contributed by atoms with E-state index >= 15 is 0 Å². The van der Waals surface area contributed by atoms with E-state index in [1.807, 2.05) is 0 Å². The quantitative estimate of drug-likeness (QED) is 0.657. The predicted molar refractivity (Wildman–Crippen MR) is 107 cm³/mol. The summed E-state index contributed by atoms with van der Waals surface area (Å²) in [5.74, 6) is 5.58. The van der Waals surface area contributed by atoms with E-state index in [1.54, 1.807) is 13.0 Å². The van der Waals surface area contributed by atoms with Gasteiger partial charge in [0.1, 0.15) is 18.1 Å². The fourth-order valence-corrected chi connectivity index (χ4v) is 2.89. The topological polar surface area (TPSA) is 85.2 Å². The first kappa shape index (κ1) is 15.9. The van der Waals surface area contributed by atoms with Crippen LogP contribution < -0.4 is 15.0 Å². The van der Waals surface area contributed by atoms with Gasteiger partial charge in [-0.25, -0.2) is 14.2 Å². The fourth-order valence-electron chi connectivity index (χ4n) is 2.89. The molecule has 3 aromatic heterocycles. The molecule has 0 saturated heterocycles. The van der Waals surface area contributed by atoms with Crippen LogP contribution in [0.4, 0.5) is 14.9 Å². The molecule has 0 fully saturated rings. The lowest BCUT2D eigenvalue weighted by atomic mass is 10.2. The molecule has 0 saturated carbocycles. The summed E-state index contributed by atoms with van der Waals surface area (Å²) in [7, 11) is 0. The molecular weight excluding hydrogens is 387 g/mol. The van der Waals surface area contributed by atoms with Crippen molar-refractivity contribution >= 4 is 11.7 Å². The number of aryl methyl sites for hydroxylation is 1. The number of aromatic nitrogens is 4. The zero-order chi connectivity index (χ0) is 23.6. The Kier molecular flexibility index (Phi) is 4.36. The Balaban J connectivity index is 1.53. The Morgan fingerprint density at radius 2 is 2.17 bits per heavy atom. The molecule has 9 heteroatoms. The summed E-state index contributed by atoms with van der Waals surface area (Å²) in [6.07, 6.45) is 5.30. The molecule has 8 nitrogen and oxygen atoms in total. The normalized spacial score (nSPS) is 15.4. The lowest BCUT2D eigenvalue weighted by Gasteiger charge is -2.29. The Bertz CT molecular complexity index is 1230. The van der Waals surface area contributed by atoms with Gasteiger partial charge in [-0.3, -0.25) is 14.6 Å². The van der Waals surface area contributed by atoms with E-state index in [-0.39, 0.29) is 12.6 Å². The summed E-state index contributed by atoms with van der Waals surface area (Å²) in [6, 6.07) is 3.63. The summed E-state index contributed by atoms with van der Waals surface area (Å²) in [5, 5.41) is 6.63. The summed E-state index contributed by atoms with van der Waals surface area (Å²) >= 11 is 0. The molecule has 3 aromatic rings. The number of nitrogens with one attached hydrogen (secondary N) is 1. The highest BCUT2D eigenvalue weighted by atomic mass is 19.1. The molecule has 0 aromatic carbocycles. The van der Waals surface area contributed by atoms with Crippen LogP contribution >= 0.6 is 0 Å². The standard InChI is InChI=1S/C21H19FN6O2/c1-14(18-6-5-17(22)12-23-18)26-21(29)28-7-8-30-20-19(28)9-15(10-24-20)3-4-16-11-25-27(2)13-16/h5-6,9-14H,7-8H2,1-2H3,(H,26,29)/t14-/m0/s1/i2D3. The van der Waals surface area contributed by atoms with Gasteiger partial charge < -0.3 is 10.1 Å². The number of hydrogen-bond acceptors (Lipinski definition) is 5. The molecular formula is C21H19FN6O2. The van der Waals surface area contributed by atoms with Gasteiger partial charge in [0.15, 0.2) is 0 Å². The van der Waals surface area contributed by atoms with E-state index in [0.717, 1.165) is 10.9 Å². The van der Waals surface area contributed by atoms with Crippen molar-refractivity contribution in [2.75, 3.05) is 18.1 Å². The minimum atomic E-state index is -2.38. The number of ether oxygens (including phenoxy) is 1. The van der Waals surface area contributed by atoms with Crippen LogP contribution in [0.1, 0.15) is 33.9 Å². The molecule has 1 aliphatic heterocycles. The number of amides is 2. The van der Waals surface area contributed by atoms with E-state index in [1.165, 1.54) is 35.6 Å². The molecule has 0 radical (unpaired) electrons. The van der Waals surface area contributed by atoms with Crippen molar-refractivity contribution in [3.05, 3.63) is 65.6 Å². The Morgan fingerprint density at radius 1 is 1.30 bits per heavy atom. The number of urea groups is 1. The number of fused-ring (bicyclic) bond motifs is 1. The van der Waals surface area contributed by atoms with Crippen LogP contribution in [0.3, 0.4) is 0 Å². The van der Waals surface area contributed by atoms with Gasteiger partial charge in [-0.05, 0) is 25.1 Å². The van der Waals surface area contributed by atoms with Crippen LogP contribution in [0.5, 0.6) is 5.88 Å². The minimum Gasteiger partial charge on any atom is -0.474 e. The maximum Gasteiger partial charge on any atom is 0.322 e. The van der Waals surface area contributed by atoms with Crippen LogP contribution in [-0.2, 0) is 6.98 Å². The second-order valence-electron chi connectivity index (χ2n) is 6.54. The Labute approximate surface area is 176 Å². The molecule has 152 valence electrons. The first-order chi connectivity index (χ1) is 15.7. The fraction of sp³-hybridized carbons (Fsp3) is 0.238. The van der Waals surface area contributed by atoms with Gasteiger partial charge in [-0.2, -0.15) is 5.10 Å². The van der Waals surface area contributed by atoms with Gasteiger partial charge in [-0.1, -0.05) is 11.8 Å². The molecule has 1 N–H and O–H groups in total. The van der Waals surface area contributed by atoms with Crippen molar-refractivity contribution in [1.82, 2.24) is 25.1 Å². The van der Waals surface area contributed by atoms with E-state index < -0.39 is 18.8 Å². The highest BCUT2D eigenvalue weighted by Gasteiger charge is 2.26. The van der Waals surface area contributed by atoms with Crippen LogP contribution in [0.15, 0.2) is 43.0 Å². The lowest BCUT2D eigenvalue weighted by Crippen LogP contribution is -2.45. The van der Waals surface area contributed by atoms with Gasteiger partial charge in [0.2, 0.25) is 5.88 Å². The third kappa shape index (κ3) is 4.22. The number of carbonyl (C=O) groups is 1. The van der Waals surface area contributed by atoms with Crippen molar-refractivity contribution in [1.29, 1.82) is 0 Å². The minimum absolute atomic E-state index is 0.274. The van der Waals surface area contributed by atoms with Gasteiger partial charge in [0, 0.05) is 29.0 Å². The third-order valence-electron chi connectivity index (χ3n) is 4.39. The zero-order valence-corrected chi connectivity index (χ0v) is 16.0. The van der Waals surface area contributed by atoms with Crippen LogP contribution in [-0.4, -0.2) is 38.9 Å². The molecule has 0 aliphatic carbocycles. The molecule has 1 aliphatic rings. The van der Waals surface area contributed by atoms with Crippen LogP contribution in [0.25, 0.3) is 0 Å². The van der Waals surface area contributed by atoms with E-state index in [2.05, 4.69) is 32.2 Å². The van der Waals surface area contributed by atoms with E-state index in [0.29, 0.717) is 34.9 Å². The number of pyridine rings is 2. The summed E-state index contributed by atoms with van der Waals surface area (Å²) in [4.78, 5) is 22.7. The molecule has 0 bridgehead atoms. The van der Waals surface area contributed by atoms with Gasteiger partial charge >= 0.3 is 6.03 Å². The number of carbonyl (C=O) groups excluding carboxylic acids is 1. The SMILES string of the molecule is [2H]C([2H])([2H])n1cc(C#Cc2cnc3c(c2)N(C(=O)N[C@@H](C)c2ccc(F)cn2)CCO3)cn1. The molecule has 4 heterocycles. The molecule has 30 heavy (non-hydrogen) atoms. The summed E-state index contributed by atoms with van der Waals surface area (Å²) in [6.45, 7) is -0.0552. The smallest absolute Gasteiger partial charge is 0.322 e. The second kappa shape index (κ2) is 8.21. The van der Waals surface area contributed by atoms with E-state index in [9.17, 15) is 9.18 Å². The zero-order valence-electron chi connectivity index (χ0n) is 19.0. The van der Waals surface area contributed by atoms with Crippen molar-refractivity contribution in [3.8, 4) is 17.7 Å². The van der Waals surface area contributed by atoms with E-state index in [4.69, 9.17) is 8.85 Å². The van der Waals surface area contributed by atoms with Crippen molar-refractivity contribution in [2.45, 2.75) is 13.0 Å². The maximum absolute atomic E-state index is 13.1. The molecule has 1 atom stereocenters. The third-order valence-corrected chi connectivity index (χ3v) is 4.39. The van der Waals surface area contributed by atoms with Crippen molar-refractivity contribution in [2.24, 2.45) is 6.98 Å². The number of anilines is 1. The van der Waals surface area contributed by atoms with Crippen LogP contribution in [0.2, 0.25) is 0 Å². The average molecular weight is 409 g/mol. The highest BCUT2D eigenvalue weighted by Crippen LogP contribution is 2.30. The predicted octanol–water partition coefficient (Wildman–Crippen LogP) is 2.42. The molecule has 0 spiro atoms. The Hall–Kier alpha value is -3.93. The molecule has 2 amide bonds. The van der Waals surface area contributed by atoms with Crippen molar-refractivity contribution < 1.29 is 18.0 Å². The van der Waals surface area contributed by atoms with Gasteiger partial charge in [-0.15, -0.1) is 0 Å². The Morgan fingerprint density at radius 3 is 2.93 bits per heavy atom. The first-order valence-corrected chi connectivity index (χ1v) is 9.10. The maximum atomic E-state index is 13.1. The first-order valence-electron chi connectivity index (χ1n) is 10.6. The molecule has 0 unspecified atom stereocenters.